The van der Waals surface area contributed by atoms with Gasteiger partial charge in [-0.1, -0.05) is 26.0 Å². The van der Waals surface area contributed by atoms with Gasteiger partial charge in [-0.15, -0.1) is 0 Å². The van der Waals surface area contributed by atoms with Crippen LogP contribution in [0.25, 0.3) is 0 Å². The molecule has 1 heterocycles. The number of benzene rings is 1. The Bertz CT molecular complexity index is 540. The molecule has 22 heavy (non-hydrogen) atoms. The predicted octanol–water partition coefficient (Wildman–Crippen LogP) is 3.67. The molecule has 1 aliphatic heterocycles. The molecule has 122 valence electrons. The number of rotatable bonds is 4. The van der Waals surface area contributed by atoms with Gasteiger partial charge in [-0.05, 0) is 31.2 Å². The zero-order valence-corrected chi connectivity index (χ0v) is 14.5. The van der Waals surface area contributed by atoms with E-state index in [1.165, 1.54) is 5.57 Å². The number of likely N-dealkylation sites (tertiary alicyclic amines) is 1. The minimum Gasteiger partial charge on any atom is -0.493 e. The van der Waals surface area contributed by atoms with Gasteiger partial charge in [-0.3, -0.25) is 4.90 Å². The Morgan fingerprint density at radius 2 is 1.64 bits per heavy atom. The van der Waals surface area contributed by atoms with Crippen LogP contribution in [0.3, 0.4) is 0 Å². The normalized spacial score (nSPS) is 21.5. The fourth-order valence-electron chi connectivity index (χ4n) is 3.44. The van der Waals surface area contributed by atoms with Gasteiger partial charge in [0, 0.05) is 18.0 Å². The van der Waals surface area contributed by atoms with Crippen molar-refractivity contribution in [3.8, 4) is 17.2 Å². The number of piperidine rings is 1. The fourth-order valence-corrected chi connectivity index (χ4v) is 3.44. The number of nitrogens with zero attached hydrogens (tertiary/aromatic N) is 1. The largest absolute Gasteiger partial charge is 0.493 e. The SMILES string of the molecule is C=C1CCN(C)C(c2cc(OC)c(OC)c(OC)c2)C1(C)C. The minimum atomic E-state index is -0.0163. The zero-order chi connectivity index (χ0) is 16.5. The van der Waals surface area contributed by atoms with Crippen molar-refractivity contribution in [3.05, 3.63) is 29.8 Å². The quantitative estimate of drug-likeness (QED) is 0.794. The molecule has 4 nitrogen and oxygen atoms in total. The lowest BCUT2D eigenvalue weighted by Crippen LogP contribution is -2.42. The summed E-state index contributed by atoms with van der Waals surface area (Å²) in [6.45, 7) is 9.78. The predicted molar refractivity (Wildman–Crippen MR) is 89.0 cm³/mol. The van der Waals surface area contributed by atoms with Crippen LogP contribution in [0.15, 0.2) is 24.3 Å². The van der Waals surface area contributed by atoms with Gasteiger partial charge in [0.15, 0.2) is 11.5 Å². The molecule has 0 spiro atoms. The van der Waals surface area contributed by atoms with E-state index in [1.54, 1.807) is 21.3 Å². The standard InChI is InChI=1S/C18H27NO3/c1-12-8-9-19(4)17(18(12,2)3)13-10-14(20-5)16(22-7)15(11-13)21-6/h10-11,17H,1,8-9H2,2-7H3. The number of hydrogen-bond donors (Lipinski definition) is 0. The molecule has 0 aliphatic carbocycles. The molecule has 0 saturated carbocycles. The van der Waals surface area contributed by atoms with Crippen LogP contribution in [-0.4, -0.2) is 39.8 Å². The second-order valence-corrected chi connectivity index (χ2v) is 6.42. The van der Waals surface area contributed by atoms with Crippen LogP contribution in [0.5, 0.6) is 17.2 Å². The summed E-state index contributed by atoms with van der Waals surface area (Å²) in [5.41, 5.74) is 2.42. The summed E-state index contributed by atoms with van der Waals surface area (Å²) >= 11 is 0. The molecule has 4 heteroatoms. The van der Waals surface area contributed by atoms with E-state index in [9.17, 15) is 0 Å². The van der Waals surface area contributed by atoms with Crippen LogP contribution in [0.1, 0.15) is 31.9 Å². The highest BCUT2D eigenvalue weighted by Crippen LogP contribution is 2.50. The van der Waals surface area contributed by atoms with Crippen LogP contribution in [0.2, 0.25) is 0 Å². The Kier molecular flexibility index (Phi) is 4.71. The summed E-state index contributed by atoms with van der Waals surface area (Å²) in [4.78, 5) is 2.37. The highest BCUT2D eigenvalue weighted by Gasteiger charge is 2.40. The van der Waals surface area contributed by atoms with E-state index >= 15 is 0 Å². The number of methoxy groups -OCH3 is 3. The van der Waals surface area contributed by atoms with E-state index in [4.69, 9.17) is 14.2 Å². The molecule has 1 aromatic carbocycles. The second-order valence-electron chi connectivity index (χ2n) is 6.42. The molecule has 0 aromatic heterocycles. The third-order valence-corrected chi connectivity index (χ3v) is 4.80. The van der Waals surface area contributed by atoms with Crippen molar-refractivity contribution in [1.82, 2.24) is 4.90 Å². The molecule has 2 rings (SSSR count). The summed E-state index contributed by atoms with van der Waals surface area (Å²) in [5, 5.41) is 0. The third kappa shape index (κ3) is 2.68. The van der Waals surface area contributed by atoms with E-state index in [1.807, 2.05) is 12.1 Å². The average Bonchev–Trinajstić information content (AvgIpc) is 2.50. The van der Waals surface area contributed by atoms with Gasteiger partial charge >= 0.3 is 0 Å². The van der Waals surface area contributed by atoms with Crippen LogP contribution in [-0.2, 0) is 0 Å². The topological polar surface area (TPSA) is 30.9 Å². The molecule has 1 atom stereocenters. The Morgan fingerprint density at radius 1 is 1.09 bits per heavy atom. The summed E-state index contributed by atoms with van der Waals surface area (Å²) in [7, 11) is 7.08. The highest BCUT2D eigenvalue weighted by molar-refractivity contribution is 5.55. The molecule has 0 amide bonds. The van der Waals surface area contributed by atoms with E-state index in [-0.39, 0.29) is 11.5 Å². The van der Waals surface area contributed by atoms with Crippen LogP contribution < -0.4 is 14.2 Å². The Hall–Kier alpha value is -1.68. The molecule has 0 N–H and O–H groups in total. The molecule has 1 saturated heterocycles. The fraction of sp³-hybridized carbons (Fsp3) is 0.556. The van der Waals surface area contributed by atoms with Crippen LogP contribution in [0.4, 0.5) is 0 Å². The first kappa shape index (κ1) is 16.7. The van der Waals surface area contributed by atoms with Gasteiger partial charge < -0.3 is 14.2 Å². The Morgan fingerprint density at radius 3 is 2.09 bits per heavy atom. The molecule has 1 unspecified atom stereocenters. The molecular weight excluding hydrogens is 278 g/mol. The monoisotopic (exact) mass is 305 g/mol. The van der Waals surface area contributed by atoms with Gasteiger partial charge in [0.05, 0.1) is 21.3 Å². The molecule has 1 fully saturated rings. The van der Waals surface area contributed by atoms with Crippen LogP contribution in [0, 0.1) is 5.41 Å². The Labute approximate surface area is 133 Å². The van der Waals surface area contributed by atoms with Gasteiger partial charge in [0.25, 0.3) is 0 Å². The van der Waals surface area contributed by atoms with E-state index in [0.29, 0.717) is 17.2 Å². The maximum atomic E-state index is 5.49. The van der Waals surface area contributed by atoms with Gasteiger partial charge in [0.2, 0.25) is 5.75 Å². The number of hydrogen-bond acceptors (Lipinski definition) is 4. The van der Waals surface area contributed by atoms with E-state index in [2.05, 4.69) is 32.4 Å². The van der Waals surface area contributed by atoms with Crippen molar-refractivity contribution in [1.29, 1.82) is 0 Å². The lowest BCUT2D eigenvalue weighted by Gasteiger charge is -2.47. The van der Waals surface area contributed by atoms with E-state index < -0.39 is 0 Å². The lowest BCUT2D eigenvalue weighted by atomic mass is 9.70. The minimum absolute atomic E-state index is 0.0163. The molecule has 1 aromatic rings. The van der Waals surface area contributed by atoms with Crippen LogP contribution >= 0.6 is 0 Å². The maximum absolute atomic E-state index is 5.49. The molecular formula is C18H27NO3. The maximum Gasteiger partial charge on any atom is 0.203 e. The lowest BCUT2D eigenvalue weighted by molar-refractivity contribution is 0.105. The number of ether oxygens (including phenoxy) is 3. The van der Waals surface area contributed by atoms with Crippen molar-refractivity contribution in [2.24, 2.45) is 5.41 Å². The first-order valence-electron chi connectivity index (χ1n) is 7.55. The smallest absolute Gasteiger partial charge is 0.203 e. The van der Waals surface area contributed by atoms with E-state index in [0.717, 1.165) is 18.5 Å². The van der Waals surface area contributed by atoms with Crippen molar-refractivity contribution in [3.63, 3.8) is 0 Å². The second kappa shape index (κ2) is 6.21. The summed E-state index contributed by atoms with van der Waals surface area (Å²) in [6.07, 6.45) is 1.03. The zero-order valence-electron chi connectivity index (χ0n) is 14.5. The molecule has 1 aliphatic rings. The third-order valence-electron chi connectivity index (χ3n) is 4.80. The molecule has 0 bridgehead atoms. The van der Waals surface area contributed by atoms with Gasteiger partial charge in [0.1, 0.15) is 0 Å². The Balaban J connectivity index is 2.57. The van der Waals surface area contributed by atoms with Gasteiger partial charge in [-0.25, -0.2) is 0 Å². The summed E-state index contributed by atoms with van der Waals surface area (Å²) < 4.78 is 16.4. The van der Waals surface area contributed by atoms with Crippen molar-refractivity contribution < 1.29 is 14.2 Å². The molecule has 0 radical (unpaired) electrons. The van der Waals surface area contributed by atoms with Crippen molar-refractivity contribution >= 4 is 0 Å². The van der Waals surface area contributed by atoms with Gasteiger partial charge in [-0.2, -0.15) is 0 Å². The van der Waals surface area contributed by atoms with Crippen molar-refractivity contribution in [2.45, 2.75) is 26.3 Å². The van der Waals surface area contributed by atoms with Crippen molar-refractivity contribution in [2.75, 3.05) is 34.9 Å². The first-order chi connectivity index (χ1) is 10.4. The first-order valence-corrected chi connectivity index (χ1v) is 7.55. The highest BCUT2D eigenvalue weighted by atomic mass is 16.5. The average molecular weight is 305 g/mol. The summed E-state index contributed by atoms with van der Waals surface area (Å²) in [5.74, 6) is 2.01. The summed E-state index contributed by atoms with van der Waals surface area (Å²) in [6, 6.07) is 4.31.